The topological polar surface area (TPSA) is 104 Å². The van der Waals surface area contributed by atoms with Crippen molar-refractivity contribution < 1.29 is 22.8 Å². The molecule has 0 spiro atoms. The summed E-state index contributed by atoms with van der Waals surface area (Å²) < 4.78 is 26.4. The van der Waals surface area contributed by atoms with Crippen LogP contribution in [0.15, 0.2) is 53.4 Å². The standard InChI is InChI=1S/C27H35N3O5S/c1-4-6-17-28-26(32)23(5-2)29(19-21-15-13-20(3)14-16-21)25(31)12-9-18-30-27(33)22-10-7-8-11-24(22)36(30,34)35/h7-8,10-11,13-16,23H,4-6,9,12,17-19H2,1-3H3,(H,28,32). The molecule has 0 aliphatic carbocycles. The van der Waals surface area contributed by atoms with Crippen LogP contribution in [0.25, 0.3) is 0 Å². The number of amides is 3. The highest BCUT2D eigenvalue weighted by atomic mass is 32.2. The van der Waals surface area contributed by atoms with Gasteiger partial charge in [-0.15, -0.1) is 0 Å². The fraction of sp³-hybridized carbons (Fsp3) is 0.444. The molecule has 0 aromatic heterocycles. The normalized spacial score (nSPS) is 14.9. The number of carbonyl (C=O) groups excluding carboxylic acids is 3. The smallest absolute Gasteiger partial charge is 0.269 e. The Morgan fingerprint density at radius 2 is 1.72 bits per heavy atom. The maximum absolute atomic E-state index is 13.4. The second-order valence-corrected chi connectivity index (χ2v) is 10.9. The van der Waals surface area contributed by atoms with E-state index >= 15 is 0 Å². The minimum absolute atomic E-state index is 0.00267. The summed E-state index contributed by atoms with van der Waals surface area (Å²) in [4.78, 5) is 40.5. The quantitative estimate of drug-likeness (QED) is 0.437. The number of hydrogen-bond acceptors (Lipinski definition) is 5. The third-order valence-electron chi connectivity index (χ3n) is 6.35. The van der Waals surface area contributed by atoms with Gasteiger partial charge in [0.05, 0.1) is 5.56 Å². The Kier molecular flexibility index (Phi) is 9.25. The van der Waals surface area contributed by atoms with Crippen molar-refractivity contribution in [2.75, 3.05) is 13.1 Å². The predicted molar refractivity (Wildman–Crippen MR) is 138 cm³/mol. The minimum Gasteiger partial charge on any atom is -0.354 e. The summed E-state index contributed by atoms with van der Waals surface area (Å²) in [6.07, 6.45) is 2.43. The van der Waals surface area contributed by atoms with Gasteiger partial charge in [-0.3, -0.25) is 14.4 Å². The molecule has 1 aliphatic rings. The Labute approximate surface area is 213 Å². The van der Waals surface area contributed by atoms with Crippen molar-refractivity contribution in [2.24, 2.45) is 0 Å². The van der Waals surface area contributed by atoms with E-state index in [1.165, 1.54) is 12.1 Å². The van der Waals surface area contributed by atoms with Gasteiger partial charge in [-0.2, -0.15) is 0 Å². The molecule has 8 nitrogen and oxygen atoms in total. The van der Waals surface area contributed by atoms with Gasteiger partial charge < -0.3 is 10.2 Å². The molecule has 1 N–H and O–H groups in total. The van der Waals surface area contributed by atoms with Gasteiger partial charge in [0.2, 0.25) is 11.8 Å². The van der Waals surface area contributed by atoms with Gasteiger partial charge in [0, 0.05) is 26.1 Å². The molecule has 1 aliphatic heterocycles. The third-order valence-corrected chi connectivity index (χ3v) is 8.19. The number of unbranched alkanes of at least 4 members (excludes halogenated alkanes) is 1. The number of sulfonamides is 1. The van der Waals surface area contributed by atoms with Crippen molar-refractivity contribution in [3.63, 3.8) is 0 Å². The number of benzene rings is 2. The monoisotopic (exact) mass is 513 g/mol. The molecule has 1 heterocycles. The Balaban J connectivity index is 1.72. The highest BCUT2D eigenvalue weighted by Gasteiger charge is 2.40. The Morgan fingerprint density at radius 1 is 1.03 bits per heavy atom. The van der Waals surface area contributed by atoms with E-state index in [1.807, 2.05) is 45.0 Å². The van der Waals surface area contributed by atoms with Gasteiger partial charge in [-0.25, -0.2) is 12.7 Å². The summed E-state index contributed by atoms with van der Waals surface area (Å²) in [5.41, 5.74) is 2.15. The molecular weight excluding hydrogens is 478 g/mol. The van der Waals surface area contributed by atoms with Crippen LogP contribution in [0, 0.1) is 6.92 Å². The summed E-state index contributed by atoms with van der Waals surface area (Å²) in [6, 6.07) is 13.3. The maximum atomic E-state index is 13.4. The van der Waals surface area contributed by atoms with Crippen LogP contribution in [-0.2, 0) is 26.2 Å². The fourth-order valence-corrected chi connectivity index (χ4v) is 5.89. The Hall–Kier alpha value is -3.20. The Morgan fingerprint density at radius 3 is 2.36 bits per heavy atom. The van der Waals surface area contributed by atoms with Crippen LogP contribution in [0.1, 0.15) is 67.4 Å². The number of rotatable bonds is 12. The molecular formula is C27H35N3O5S. The van der Waals surface area contributed by atoms with Gasteiger partial charge in [0.15, 0.2) is 0 Å². The predicted octanol–water partition coefficient (Wildman–Crippen LogP) is 3.64. The SMILES string of the molecule is CCCCNC(=O)C(CC)N(Cc1ccc(C)cc1)C(=O)CCCN1C(=O)c2ccccc2S1(=O)=O. The van der Waals surface area contributed by atoms with Crippen molar-refractivity contribution in [1.29, 1.82) is 0 Å². The van der Waals surface area contributed by atoms with Crippen molar-refractivity contribution in [3.8, 4) is 0 Å². The van der Waals surface area contributed by atoms with Crippen LogP contribution in [0.3, 0.4) is 0 Å². The van der Waals surface area contributed by atoms with Crippen LogP contribution in [0.4, 0.5) is 0 Å². The minimum atomic E-state index is -3.92. The average Bonchev–Trinajstić information content (AvgIpc) is 3.05. The highest BCUT2D eigenvalue weighted by Crippen LogP contribution is 2.30. The molecule has 0 fully saturated rings. The van der Waals surface area contributed by atoms with Gasteiger partial charge in [-0.05, 0) is 43.9 Å². The van der Waals surface area contributed by atoms with Crippen molar-refractivity contribution >= 4 is 27.7 Å². The first kappa shape index (κ1) is 27.4. The van der Waals surface area contributed by atoms with Crippen LogP contribution < -0.4 is 5.32 Å². The van der Waals surface area contributed by atoms with E-state index in [1.54, 1.807) is 17.0 Å². The third kappa shape index (κ3) is 6.13. The molecule has 3 amide bonds. The van der Waals surface area contributed by atoms with Gasteiger partial charge in [0.1, 0.15) is 10.9 Å². The van der Waals surface area contributed by atoms with E-state index in [2.05, 4.69) is 5.32 Å². The summed E-state index contributed by atoms with van der Waals surface area (Å²) in [5.74, 6) is -1.02. The van der Waals surface area contributed by atoms with Gasteiger partial charge in [0.25, 0.3) is 15.9 Å². The average molecular weight is 514 g/mol. The number of nitrogens with zero attached hydrogens (tertiary/aromatic N) is 2. The first-order valence-corrected chi connectivity index (χ1v) is 13.9. The molecule has 0 radical (unpaired) electrons. The molecule has 194 valence electrons. The van der Waals surface area contributed by atoms with E-state index in [4.69, 9.17) is 0 Å². The van der Waals surface area contributed by atoms with E-state index in [-0.39, 0.29) is 48.2 Å². The molecule has 9 heteroatoms. The Bertz CT molecular complexity index is 1190. The van der Waals surface area contributed by atoms with Gasteiger partial charge >= 0.3 is 0 Å². The number of nitrogens with one attached hydrogen (secondary N) is 1. The lowest BCUT2D eigenvalue weighted by molar-refractivity contribution is -0.141. The van der Waals surface area contributed by atoms with Crippen molar-refractivity contribution in [3.05, 3.63) is 65.2 Å². The second-order valence-electron chi connectivity index (χ2n) is 9.06. The molecule has 3 rings (SSSR count). The molecule has 0 bridgehead atoms. The zero-order chi connectivity index (χ0) is 26.3. The maximum Gasteiger partial charge on any atom is 0.269 e. The largest absolute Gasteiger partial charge is 0.354 e. The second kappa shape index (κ2) is 12.2. The summed E-state index contributed by atoms with van der Waals surface area (Å²) in [7, 11) is -3.92. The van der Waals surface area contributed by atoms with Crippen molar-refractivity contribution in [2.45, 2.75) is 70.4 Å². The summed E-state index contributed by atoms with van der Waals surface area (Å²) in [6.45, 7) is 6.61. The molecule has 2 aromatic rings. The van der Waals surface area contributed by atoms with Crippen molar-refractivity contribution in [1.82, 2.24) is 14.5 Å². The molecule has 0 saturated heterocycles. The molecule has 1 atom stereocenters. The lowest BCUT2D eigenvalue weighted by atomic mass is 10.1. The number of hydrogen-bond donors (Lipinski definition) is 1. The number of fused-ring (bicyclic) bond motifs is 1. The fourth-order valence-electron chi connectivity index (χ4n) is 4.29. The number of carbonyl (C=O) groups is 3. The van der Waals surface area contributed by atoms with Crippen LogP contribution >= 0.6 is 0 Å². The lowest BCUT2D eigenvalue weighted by Crippen LogP contribution is -2.49. The highest BCUT2D eigenvalue weighted by molar-refractivity contribution is 7.90. The molecule has 36 heavy (non-hydrogen) atoms. The lowest BCUT2D eigenvalue weighted by Gasteiger charge is -2.31. The van der Waals surface area contributed by atoms with Crippen LogP contribution in [-0.4, -0.2) is 54.5 Å². The zero-order valence-electron chi connectivity index (χ0n) is 21.2. The summed E-state index contributed by atoms with van der Waals surface area (Å²) in [5, 5.41) is 2.93. The molecule has 0 saturated carbocycles. The summed E-state index contributed by atoms with van der Waals surface area (Å²) >= 11 is 0. The van der Waals surface area contributed by atoms with Gasteiger partial charge in [-0.1, -0.05) is 62.2 Å². The first-order chi connectivity index (χ1) is 17.2. The van der Waals surface area contributed by atoms with Crippen LogP contribution in [0.2, 0.25) is 0 Å². The van der Waals surface area contributed by atoms with Crippen LogP contribution in [0.5, 0.6) is 0 Å². The van der Waals surface area contributed by atoms with E-state index in [0.29, 0.717) is 13.0 Å². The molecule has 1 unspecified atom stereocenters. The first-order valence-electron chi connectivity index (χ1n) is 12.5. The van der Waals surface area contributed by atoms with E-state index < -0.39 is 22.0 Å². The zero-order valence-corrected chi connectivity index (χ0v) is 22.0. The van der Waals surface area contributed by atoms with E-state index in [9.17, 15) is 22.8 Å². The van der Waals surface area contributed by atoms with E-state index in [0.717, 1.165) is 28.3 Å². The molecule has 2 aromatic carbocycles. The number of aryl methyl sites for hydroxylation is 1.